The molecule has 2 aliphatic rings. The molecule has 82 valence electrons. The largest absolute Gasteiger partial charge is 0.272 e. The highest BCUT2D eigenvalue weighted by Gasteiger charge is 2.18. The Labute approximate surface area is 91.7 Å². The van der Waals surface area contributed by atoms with E-state index in [0.29, 0.717) is 0 Å². The molecule has 2 nitrogen and oxygen atoms in total. The molecule has 3 rings (SSSR count). The van der Waals surface area contributed by atoms with E-state index in [-0.39, 0.29) is 0 Å². The predicted molar refractivity (Wildman–Crippen MR) is 60.8 cm³/mol. The van der Waals surface area contributed by atoms with Gasteiger partial charge >= 0.3 is 0 Å². The molecule has 0 amide bonds. The standard InChI is InChI=1S/C13H20N2/c1-2-5-11(6-3-1)9-15-10-12-7-4-8-13(12)14-15/h10-11H,1-9H2. The van der Waals surface area contributed by atoms with E-state index in [9.17, 15) is 0 Å². The van der Waals surface area contributed by atoms with Gasteiger partial charge in [-0.15, -0.1) is 0 Å². The van der Waals surface area contributed by atoms with Gasteiger partial charge in [0.25, 0.3) is 0 Å². The number of fused-ring (bicyclic) bond motifs is 1. The zero-order valence-corrected chi connectivity index (χ0v) is 9.41. The van der Waals surface area contributed by atoms with E-state index < -0.39 is 0 Å². The molecule has 0 spiro atoms. The Balaban J connectivity index is 1.66. The fraction of sp³-hybridized carbons (Fsp3) is 0.769. The lowest BCUT2D eigenvalue weighted by Gasteiger charge is -2.21. The van der Waals surface area contributed by atoms with Crippen molar-refractivity contribution < 1.29 is 0 Å². The number of hydrogen-bond acceptors (Lipinski definition) is 1. The molecule has 2 aliphatic carbocycles. The summed E-state index contributed by atoms with van der Waals surface area (Å²) in [7, 11) is 0. The molecule has 15 heavy (non-hydrogen) atoms. The third-order valence-electron chi connectivity index (χ3n) is 3.95. The summed E-state index contributed by atoms with van der Waals surface area (Å²) in [6.45, 7) is 1.17. The minimum atomic E-state index is 0.902. The van der Waals surface area contributed by atoms with Crippen LogP contribution in [0.25, 0.3) is 0 Å². The third kappa shape index (κ3) is 1.95. The zero-order chi connectivity index (χ0) is 10.1. The van der Waals surface area contributed by atoms with Gasteiger partial charge in [-0.2, -0.15) is 5.10 Å². The first-order valence-corrected chi connectivity index (χ1v) is 6.47. The van der Waals surface area contributed by atoms with Crippen LogP contribution >= 0.6 is 0 Å². The molecule has 0 aromatic carbocycles. The highest BCUT2D eigenvalue weighted by molar-refractivity contribution is 5.21. The molecule has 1 aromatic heterocycles. The number of rotatable bonds is 2. The fourth-order valence-corrected chi connectivity index (χ4v) is 3.10. The molecule has 0 bridgehead atoms. The lowest BCUT2D eigenvalue weighted by Crippen LogP contribution is -2.14. The predicted octanol–water partition coefficient (Wildman–Crippen LogP) is 2.95. The summed E-state index contributed by atoms with van der Waals surface area (Å²) >= 11 is 0. The zero-order valence-electron chi connectivity index (χ0n) is 9.41. The van der Waals surface area contributed by atoms with Crippen LogP contribution in [0.2, 0.25) is 0 Å². The number of nitrogens with zero attached hydrogens (tertiary/aromatic N) is 2. The lowest BCUT2D eigenvalue weighted by molar-refractivity contribution is 0.307. The Hall–Kier alpha value is -0.790. The van der Waals surface area contributed by atoms with Gasteiger partial charge in [-0.3, -0.25) is 4.68 Å². The van der Waals surface area contributed by atoms with Crippen molar-refractivity contribution in [3.8, 4) is 0 Å². The van der Waals surface area contributed by atoms with Crippen molar-refractivity contribution in [1.29, 1.82) is 0 Å². The van der Waals surface area contributed by atoms with E-state index >= 15 is 0 Å². The van der Waals surface area contributed by atoms with Crippen molar-refractivity contribution in [2.45, 2.75) is 57.9 Å². The third-order valence-corrected chi connectivity index (χ3v) is 3.95. The maximum Gasteiger partial charge on any atom is 0.0656 e. The molecule has 1 aromatic rings. The normalized spacial score (nSPS) is 21.9. The Bertz CT molecular complexity index is 313. The van der Waals surface area contributed by atoms with Gasteiger partial charge in [0.1, 0.15) is 0 Å². The molecule has 1 fully saturated rings. The van der Waals surface area contributed by atoms with Gasteiger partial charge in [0, 0.05) is 12.7 Å². The second-order valence-electron chi connectivity index (χ2n) is 5.18. The minimum absolute atomic E-state index is 0.902. The second-order valence-corrected chi connectivity index (χ2v) is 5.18. The van der Waals surface area contributed by atoms with E-state index in [2.05, 4.69) is 10.9 Å². The first kappa shape index (κ1) is 9.44. The van der Waals surface area contributed by atoms with E-state index in [1.165, 1.54) is 69.2 Å². The quantitative estimate of drug-likeness (QED) is 0.724. The van der Waals surface area contributed by atoms with Crippen molar-refractivity contribution in [3.63, 3.8) is 0 Å². The van der Waals surface area contributed by atoms with Crippen molar-refractivity contribution in [2.75, 3.05) is 0 Å². The Morgan fingerprint density at radius 1 is 1.13 bits per heavy atom. The molecule has 1 saturated carbocycles. The highest BCUT2D eigenvalue weighted by Crippen LogP contribution is 2.26. The average molecular weight is 204 g/mol. The van der Waals surface area contributed by atoms with E-state index in [0.717, 1.165) is 5.92 Å². The Morgan fingerprint density at radius 2 is 2.00 bits per heavy atom. The van der Waals surface area contributed by atoms with Crippen LogP contribution in [0.15, 0.2) is 6.20 Å². The summed E-state index contributed by atoms with van der Waals surface area (Å²) in [6.07, 6.45) is 13.3. The average Bonchev–Trinajstić information content (AvgIpc) is 2.79. The van der Waals surface area contributed by atoms with Crippen LogP contribution < -0.4 is 0 Å². The van der Waals surface area contributed by atoms with Crippen molar-refractivity contribution in [2.24, 2.45) is 5.92 Å². The van der Waals surface area contributed by atoms with Crippen LogP contribution in [-0.4, -0.2) is 9.78 Å². The van der Waals surface area contributed by atoms with Gasteiger partial charge < -0.3 is 0 Å². The Kier molecular flexibility index (Phi) is 2.51. The van der Waals surface area contributed by atoms with Crippen molar-refractivity contribution in [3.05, 3.63) is 17.5 Å². The summed E-state index contributed by atoms with van der Waals surface area (Å²) in [5.74, 6) is 0.902. The van der Waals surface area contributed by atoms with Crippen LogP contribution in [0.5, 0.6) is 0 Å². The van der Waals surface area contributed by atoms with E-state index in [1.54, 1.807) is 0 Å². The number of hydrogen-bond donors (Lipinski definition) is 0. The summed E-state index contributed by atoms with van der Waals surface area (Å²) in [5, 5.41) is 4.70. The van der Waals surface area contributed by atoms with Gasteiger partial charge in [-0.1, -0.05) is 19.3 Å². The lowest BCUT2D eigenvalue weighted by atomic mass is 9.89. The highest BCUT2D eigenvalue weighted by atomic mass is 15.3. The summed E-state index contributed by atoms with van der Waals surface area (Å²) in [5.41, 5.74) is 2.90. The molecule has 1 heterocycles. The maximum absolute atomic E-state index is 4.70. The van der Waals surface area contributed by atoms with Crippen LogP contribution in [0.3, 0.4) is 0 Å². The fourth-order valence-electron chi connectivity index (χ4n) is 3.10. The first-order chi connectivity index (χ1) is 7.42. The molecular weight excluding hydrogens is 184 g/mol. The first-order valence-electron chi connectivity index (χ1n) is 6.47. The molecule has 0 aliphatic heterocycles. The van der Waals surface area contributed by atoms with Crippen LogP contribution in [0, 0.1) is 5.92 Å². The number of aromatic nitrogens is 2. The van der Waals surface area contributed by atoms with Gasteiger partial charge in [0.05, 0.1) is 5.69 Å². The monoisotopic (exact) mass is 204 g/mol. The summed E-state index contributed by atoms with van der Waals surface area (Å²) in [4.78, 5) is 0. The van der Waals surface area contributed by atoms with Crippen molar-refractivity contribution in [1.82, 2.24) is 9.78 Å². The van der Waals surface area contributed by atoms with Gasteiger partial charge in [-0.25, -0.2) is 0 Å². The van der Waals surface area contributed by atoms with Crippen LogP contribution in [-0.2, 0) is 19.4 Å². The van der Waals surface area contributed by atoms with E-state index in [1.807, 2.05) is 0 Å². The second kappa shape index (κ2) is 3.99. The summed E-state index contributed by atoms with van der Waals surface area (Å²) in [6, 6.07) is 0. The van der Waals surface area contributed by atoms with Crippen LogP contribution in [0.1, 0.15) is 49.8 Å². The van der Waals surface area contributed by atoms with Gasteiger partial charge in [0.2, 0.25) is 0 Å². The smallest absolute Gasteiger partial charge is 0.0656 e. The molecule has 0 saturated heterocycles. The molecule has 2 heteroatoms. The topological polar surface area (TPSA) is 17.8 Å². The molecule has 0 radical (unpaired) electrons. The molecule has 0 atom stereocenters. The van der Waals surface area contributed by atoms with Gasteiger partial charge in [0.15, 0.2) is 0 Å². The maximum atomic E-state index is 4.70. The van der Waals surface area contributed by atoms with Crippen molar-refractivity contribution >= 4 is 0 Å². The van der Waals surface area contributed by atoms with Gasteiger partial charge in [-0.05, 0) is 43.6 Å². The van der Waals surface area contributed by atoms with E-state index in [4.69, 9.17) is 5.10 Å². The number of aryl methyl sites for hydroxylation is 2. The minimum Gasteiger partial charge on any atom is -0.272 e. The van der Waals surface area contributed by atoms with Crippen LogP contribution in [0.4, 0.5) is 0 Å². The Morgan fingerprint density at radius 3 is 2.80 bits per heavy atom. The molecular formula is C13H20N2. The molecule has 0 unspecified atom stereocenters. The summed E-state index contributed by atoms with van der Waals surface area (Å²) < 4.78 is 2.22. The molecule has 0 N–H and O–H groups in total. The SMILES string of the molecule is c1c2c(nn1CC1CCCCC1)CCC2.